The fraction of sp³-hybridized carbons (Fsp3) is 0.250. The Morgan fingerprint density at radius 3 is 2.53 bits per heavy atom. The molecule has 1 aromatic carbocycles. The van der Waals surface area contributed by atoms with E-state index in [0.717, 1.165) is 5.69 Å². The van der Waals surface area contributed by atoms with Crippen molar-refractivity contribution in [3.05, 3.63) is 53.9 Å². The molecule has 1 unspecified atom stereocenters. The van der Waals surface area contributed by atoms with Crippen LogP contribution in [-0.2, 0) is 7.05 Å². The van der Waals surface area contributed by atoms with E-state index in [9.17, 15) is 0 Å². The Balaban J connectivity index is 2.37. The summed E-state index contributed by atoms with van der Waals surface area (Å²) >= 11 is 0. The van der Waals surface area contributed by atoms with E-state index in [2.05, 4.69) is 17.2 Å². The quantitative estimate of drug-likeness (QED) is 0.818. The first kappa shape index (κ1) is 9.93. The van der Waals surface area contributed by atoms with Crippen molar-refractivity contribution in [3.8, 4) is 0 Å². The van der Waals surface area contributed by atoms with Crippen LogP contribution in [0.3, 0.4) is 0 Å². The predicted octanol–water partition coefficient (Wildman–Crippen LogP) is 1.51. The van der Waals surface area contributed by atoms with E-state index in [1.165, 1.54) is 5.56 Å². The molecule has 78 valence electrons. The van der Waals surface area contributed by atoms with Crippen molar-refractivity contribution in [1.82, 2.24) is 9.78 Å². The van der Waals surface area contributed by atoms with Crippen LogP contribution in [0.25, 0.3) is 0 Å². The van der Waals surface area contributed by atoms with Gasteiger partial charge in [0.2, 0.25) is 0 Å². The summed E-state index contributed by atoms with van der Waals surface area (Å²) < 4.78 is 1.88. The normalized spacial score (nSPS) is 12.7. The molecule has 0 bridgehead atoms. The van der Waals surface area contributed by atoms with Crippen LogP contribution in [0, 0.1) is 0 Å². The average molecular weight is 201 g/mol. The first-order valence-electron chi connectivity index (χ1n) is 5.06. The van der Waals surface area contributed by atoms with Gasteiger partial charge in [0.25, 0.3) is 0 Å². The molecule has 2 N–H and O–H groups in total. The SMILES string of the molecule is Cn1nccc1C(CN)c1ccccc1. The Morgan fingerprint density at radius 1 is 1.27 bits per heavy atom. The van der Waals surface area contributed by atoms with Crippen molar-refractivity contribution < 1.29 is 0 Å². The van der Waals surface area contributed by atoms with Crippen LogP contribution >= 0.6 is 0 Å². The molecule has 0 saturated heterocycles. The predicted molar refractivity (Wildman–Crippen MR) is 60.5 cm³/mol. The van der Waals surface area contributed by atoms with Gasteiger partial charge in [-0.05, 0) is 11.6 Å². The van der Waals surface area contributed by atoms with Crippen LogP contribution in [0.1, 0.15) is 17.2 Å². The van der Waals surface area contributed by atoms with E-state index >= 15 is 0 Å². The summed E-state index contributed by atoms with van der Waals surface area (Å²) in [5.74, 6) is 0.235. The molecule has 0 aliphatic heterocycles. The van der Waals surface area contributed by atoms with Gasteiger partial charge in [-0.3, -0.25) is 4.68 Å². The summed E-state index contributed by atoms with van der Waals surface area (Å²) in [5, 5.41) is 4.17. The third kappa shape index (κ3) is 1.92. The molecule has 0 radical (unpaired) electrons. The molecule has 0 fully saturated rings. The van der Waals surface area contributed by atoms with Crippen molar-refractivity contribution in [1.29, 1.82) is 0 Å². The van der Waals surface area contributed by atoms with Crippen molar-refractivity contribution >= 4 is 0 Å². The minimum atomic E-state index is 0.235. The molecule has 0 aliphatic rings. The molecule has 3 nitrogen and oxygen atoms in total. The number of nitrogens with two attached hydrogens (primary N) is 1. The second-order valence-electron chi connectivity index (χ2n) is 3.58. The Bertz CT molecular complexity index is 419. The molecule has 1 atom stereocenters. The lowest BCUT2D eigenvalue weighted by atomic mass is 9.96. The second kappa shape index (κ2) is 4.28. The molecule has 15 heavy (non-hydrogen) atoms. The molecule has 1 heterocycles. The second-order valence-corrected chi connectivity index (χ2v) is 3.58. The summed E-state index contributed by atoms with van der Waals surface area (Å²) in [6, 6.07) is 12.3. The molecule has 0 aliphatic carbocycles. The summed E-state index contributed by atoms with van der Waals surface area (Å²) in [5.41, 5.74) is 8.22. The highest BCUT2D eigenvalue weighted by atomic mass is 15.3. The fourth-order valence-corrected chi connectivity index (χ4v) is 1.84. The van der Waals surface area contributed by atoms with Gasteiger partial charge in [-0.15, -0.1) is 0 Å². The highest BCUT2D eigenvalue weighted by Gasteiger charge is 2.14. The third-order valence-corrected chi connectivity index (χ3v) is 2.65. The maximum atomic E-state index is 5.82. The topological polar surface area (TPSA) is 43.8 Å². The van der Waals surface area contributed by atoms with E-state index in [1.807, 2.05) is 36.0 Å². The third-order valence-electron chi connectivity index (χ3n) is 2.65. The molecule has 3 heteroatoms. The van der Waals surface area contributed by atoms with Gasteiger partial charge >= 0.3 is 0 Å². The highest BCUT2D eigenvalue weighted by molar-refractivity contribution is 5.28. The van der Waals surface area contributed by atoms with Gasteiger partial charge in [0.1, 0.15) is 0 Å². The standard InChI is InChI=1S/C12H15N3/c1-15-12(7-8-14-15)11(9-13)10-5-3-2-4-6-10/h2-8,11H,9,13H2,1H3. The number of hydrogen-bond donors (Lipinski definition) is 1. The monoisotopic (exact) mass is 201 g/mol. The van der Waals surface area contributed by atoms with Crippen molar-refractivity contribution in [2.45, 2.75) is 5.92 Å². The van der Waals surface area contributed by atoms with Crippen LogP contribution in [0.2, 0.25) is 0 Å². The molecule has 0 saturated carbocycles. The van der Waals surface area contributed by atoms with Crippen LogP contribution < -0.4 is 5.73 Å². The van der Waals surface area contributed by atoms with Gasteiger partial charge in [-0.2, -0.15) is 5.10 Å². The molecular weight excluding hydrogens is 186 g/mol. The minimum Gasteiger partial charge on any atom is -0.329 e. The molecule has 2 rings (SSSR count). The van der Waals surface area contributed by atoms with E-state index < -0.39 is 0 Å². The van der Waals surface area contributed by atoms with Gasteiger partial charge in [-0.1, -0.05) is 30.3 Å². The molecule has 2 aromatic rings. The number of aromatic nitrogens is 2. The zero-order chi connectivity index (χ0) is 10.7. The first-order chi connectivity index (χ1) is 7.33. The highest BCUT2D eigenvalue weighted by Crippen LogP contribution is 2.22. The van der Waals surface area contributed by atoms with E-state index in [1.54, 1.807) is 6.20 Å². The summed E-state index contributed by atoms with van der Waals surface area (Å²) in [7, 11) is 1.95. The number of rotatable bonds is 3. The maximum Gasteiger partial charge on any atom is 0.0492 e. The largest absolute Gasteiger partial charge is 0.329 e. The van der Waals surface area contributed by atoms with Gasteiger partial charge in [0.05, 0.1) is 0 Å². The maximum absolute atomic E-state index is 5.82. The molecular formula is C12H15N3. The van der Waals surface area contributed by atoms with Crippen LogP contribution in [-0.4, -0.2) is 16.3 Å². The van der Waals surface area contributed by atoms with Gasteiger partial charge in [0.15, 0.2) is 0 Å². The van der Waals surface area contributed by atoms with Crippen molar-refractivity contribution in [2.24, 2.45) is 12.8 Å². The summed E-state index contributed by atoms with van der Waals surface area (Å²) in [6.45, 7) is 0.601. The van der Waals surface area contributed by atoms with Crippen molar-refractivity contribution in [3.63, 3.8) is 0 Å². The lowest BCUT2D eigenvalue weighted by molar-refractivity contribution is 0.663. The molecule has 1 aromatic heterocycles. The summed E-state index contributed by atoms with van der Waals surface area (Å²) in [6.07, 6.45) is 1.81. The Kier molecular flexibility index (Phi) is 2.83. The minimum absolute atomic E-state index is 0.235. The number of benzene rings is 1. The lowest BCUT2D eigenvalue weighted by Gasteiger charge is -2.15. The Morgan fingerprint density at radius 2 is 2.00 bits per heavy atom. The lowest BCUT2D eigenvalue weighted by Crippen LogP contribution is -2.16. The average Bonchev–Trinajstić information content (AvgIpc) is 2.68. The summed E-state index contributed by atoms with van der Waals surface area (Å²) in [4.78, 5) is 0. The van der Waals surface area contributed by atoms with Crippen LogP contribution in [0.5, 0.6) is 0 Å². The number of aryl methyl sites for hydroxylation is 1. The van der Waals surface area contributed by atoms with Gasteiger partial charge in [0, 0.05) is 31.4 Å². The van der Waals surface area contributed by atoms with E-state index in [0.29, 0.717) is 6.54 Å². The Hall–Kier alpha value is -1.61. The van der Waals surface area contributed by atoms with Crippen molar-refractivity contribution in [2.75, 3.05) is 6.54 Å². The first-order valence-corrected chi connectivity index (χ1v) is 5.06. The van der Waals surface area contributed by atoms with Gasteiger partial charge in [-0.25, -0.2) is 0 Å². The molecule has 0 spiro atoms. The molecule has 0 amide bonds. The van der Waals surface area contributed by atoms with Crippen LogP contribution in [0.15, 0.2) is 42.6 Å². The Labute approximate surface area is 89.5 Å². The fourth-order valence-electron chi connectivity index (χ4n) is 1.84. The number of hydrogen-bond acceptors (Lipinski definition) is 2. The smallest absolute Gasteiger partial charge is 0.0492 e. The zero-order valence-electron chi connectivity index (χ0n) is 8.80. The van der Waals surface area contributed by atoms with E-state index in [4.69, 9.17) is 5.73 Å². The van der Waals surface area contributed by atoms with Gasteiger partial charge < -0.3 is 5.73 Å². The number of nitrogens with zero attached hydrogens (tertiary/aromatic N) is 2. The van der Waals surface area contributed by atoms with E-state index in [-0.39, 0.29) is 5.92 Å². The zero-order valence-corrected chi connectivity index (χ0v) is 8.80. The van der Waals surface area contributed by atoms with Crippen LogP contribution in [0.4, 0.5) is 0 Å².